The Morgan fingerprint density at radius 1 is 1.78 bits per heavy atom. The van der Waals surface area contributed by atoms with Crippen molar-refractivity contribution in [1.82, 2.24) is 5.01 Å². The molecule has 0 aromatic carbocycles. The molecule has 0 saturated carbocycles. The monoisotopic (exact) mass is 254 g/mol. The van der Waals surface area contributed by atoms with Crippen LogP contribution in [0.2, 0.25) is 0 Å². The third-order valence-corrected chi connectivity index (χ3v) is 2.06. The molecule has 1 amide bonds. The second kappa shape index (κ2) is 2.05. The number of halogens is 2. The van der Waals surface area contributed by atoms with Gasteiger partial charge in [-0.1, -0.05) is 31.9 Å². The van der Waals surface area contributed by atoms with Crippen LogP contribution in [0.15, 0.2) is 5.10 Å². The normalized spacial score (nSPS) is 23.4. The summed E-state index contributed by atoms with van der Waals surface area (Å²) in [5.74, 6) is -0.109. The first-order chi connectivity index (χ1) is 4.04. The van der Waals surface area contributed by atoms with E-state index in [1.54, 1.807) is 7.05 Å². The Morgan fingerprint density at radius 2 is 2.33 bits per heavy atom. The largest absolute Gasteiger partial charge is 0.275 e. The van der Waals surface area contributed by atoms with E-state index in [1.807, 2.05) is 0 Å². The highest BCUT2D eigenvalue weighted by molar-refractivity contribution is 9.26. The molecule has 1 aliphatic rings. The van der Waals surface area contributed by atoms with Crippen LogP contribution in [0, 0.1) is 0 Å². The third-order valence-electron chi connectivity index (χ3n) is 0.972. The smallest absolute Gasteiger partial charge is 0.270 e. The van der Waals surface area contributed by atoms with E-state index < -0.39 is 3.23 Å². The Bertz CT molecular complexity index is 177. The number of carbonyl (C=O) groups excluding carboxylic acids is 1. The average molecular weight is 256 g/mol. The molecule has 1 heterocycles. The van der Waals surface area contributed by atoms with Crippen molar-refractivity contribution >= 4 is 44.0 Å². The number of rotatable bonds is 0. The van der Waals surface area contributed by atoms with Crippen molar-refractivity contribution in [2.75, 3.05) is 7.05 Å². The highest BCUT2D eigenvalue weighted by atomic mass is 79.9. The topological polar surface area (TPSA) is 32.7 Å². The Morgan fingerprint density at radius 3 is 2.44 bits per heavy atom. The summed E-state index contributed by atoms with van der Waals surface area (Å²) in [4.78, 5) is 10.9. The predicted octanol–water partition coefficient (Wildman–Crippen LogP) is 0.930. The maximum Gasteiger partial charge on any atom is 0.275 e. The van der Waals surface area contributed by atoms with Gasteiger partial charge in [0, 0.05) is 7.05 Å². The summed E-state index contributed by atoms with van der Waals surface area (Å²) in [7, 11) is 1.60. The molecule has 5 heteroatoms. The van der Waals surface area contributed by atoms with E-state index in [0.717, 1.165) is 0 Å². The molecule has 0 spiro atoms. The lowest BCUT2D eigenvalue weighted by Gasteiger charge is -2.08. The van der Waals surface area contributed by atoms with Crippen LogP contribution in [0.3, 0.4) is 0 Å². The van der Waals surface area contributed by atoms with Crippen LogP contribution in [-0.2, 0) is 4.79 Å². The van der Waals surface area contributed by atoms with E-state index in [4.69, 9.17) is 0 Å². The standard InChI is InChI=1S/C4H4Br2N2O/c1-8-3(9)4(5,6)2-7-8/h2H,1H3. The minimum atomic E-state index is -0.755. The molecule has 0 atom stereocenters. The van der Waals surface area contributed by atoms with E-state index in [0.29, 0.717) is 0 Å². The number of hydrogen-bond acceptors (Lipinski definition) is 2. The van der Waals surface area contributed by atoms with E-state index in [9.17, 15) is 4.79 Å². The molecule has 50 valence electrons. The molecular weight excluding hydrogens is 252 g/mol. The van der Waals surface area contributed by atoms with Crippen molar-refractivity contribution in [3.8, 4) is 0 Å². The number of amides is 1. The van der Waals surface area contributed by atoms with Gasteiger partial charge in [-0.2, -0.15) is 5.10 Å². The summed E-state index contributed by atoms with van der Waals surface area (Å²) in [6.07, 6.45) is 1.50. The van der Waals surface area contributed by atoms with Crippen LogP contribution < -0.4 is 0 Å². The molecule has 3 nitrogen and oxygen atoms in total. The molecule has 0 N–H and O–H groups in total. The van der Waals surface area contributed by atoms with Crippen LogP contribution in [0.5, 0.6) is 0 Å². The molecule has 1 aliphatic heterocycles. The van der Waals surface area contributed by atoms with Gasteiger partial charge in [-0.25, -0.2) is 5.01 Å². The van der Waals surface area contributed by atoms with Crippen molar-refractivity contribution < 1.29 is 4.79 Å². The van der Waals surface area contributed by atoms with Gasteiger partial charge in [0.2, 0.25) is 0 Å². The summed E-state index contributed by atoms with van der Waals surface area (Å²) in [6.45, 7) is 0. The second-order valence-electron chi connectivity index (χ2n) is 1.70. The zero-order valence-electron chi connectivity index (χ0n) is 4.64. The molecule has 0 saturated heterocycles. The van der Waals surface area contributed by atoms with Crippen molar-refractivity contribution in [2.24, 2.45) is 5.10 Å². The molecule has 0 unspecified atom stereocenters. The average Bonchev–Trinajstić information content (AvgIpc) is 1.97. The fourth-order valence-corrected chi connectivity index (χ4v) is 1.18. The molecule has 0 radical (unpaired) electrons. The number of hydrogen-bond donors (Lipinski definition) is 0. The van der Waals surface area contributed by atoms with Gasteiger partial charge in [-0.15, -0.1) is 0 Å². The van der Waals surface area contributed by atoms with Crippen LogP contribution in [0.1, 0.15) is 0 Å². The van der Waals surface area contributed by atoms with Crippen molar-refractivity contribution in [1.29, 1.82) is 0 Å². The molecule has 9 heavy (non-hydrogen) atoms. The van der Waals surface area contributed by atoms with Crippen LogP contribution in [0.25, 0.3) is 0 Å². The second-order valence-corrected chi connectivity index (χ2v) is 5.26. The SMILES string of the molecule is CN1N=CC(Br)(Br)C1=O. The van der Waals surface area contributed by atoms with Gasteiger partial charge >= 0.3 is 0 Å². The van der Waals surface area contributed by atoms with Crippen LogP contribution in [-0.4, -0.2) is 27.4 Å². The van der Waals surface area contributed by atoms with E-state index >= 15 is 0 Å². The van der Waals surface area contributed by atoms with E-state index in [2.05, 4.69) is 37.0 Å². The Kier molecular flexibility index (Phi) is 1.65. The lowest BCUT2D eigenvalue weighted by molar-refractivity contribution is -0.127. The zero-order chi connectivity index (χ0) is 7.07. The highest BCUT2D eigenvalue weighted by Crippen LogP contribution is 2.29. The number of nitrogens with zero attached hydrogens (tertiary/aromatic N) is 2. The maximum absolute atomic E-state index is 10.9. The summed E-state index contributed by atoms with van der Waals surface area (Å²) in [5.41, 5.74) is 0. The van der Waals surface area contributed by atoms with Gasteiger partial charge in [0.25, 0.3) is 5.91 Å². The number of hydrazone groups is 1. The van der Waals surface area contributed by atoms with Crippen LogP contribution >= 0.6 is 31.9 Å². The van der Waals surface area contributed by atoms with Gasteiger partial charge in [-0.05, 0) is 0 Å². The minimum Gasteiger partial charge on any atom is -0.270 e. The van der Waals surface area contributed by atoms with Gasteiger partial charge in [0.15, 0.2) is 3.23 Å². The Hall–Kier alpha value is 0.1000. The minimum absolute atomic E-state index is 0.109. The highest BCUT2D eigenvalue weighted by Gasteiger charge is 2.37. The Labute approximate surface area is 69.4 Å². The van der Waals surface area contributed by atoms with Gasteiger partial charge in [0.05, 0.1) is 6.21 Å². The fourth-order valence-electron chi connectivity index (χ4n) is 0.483. The fraction of sp³-hybridized carbons (Fsp3) is 0.500. The number of alkyl halides is 2. The van der Waals surface area contributed by atoms with Crippen molar-refractivity contribution in [2.45, 2.75) is 3.23 Å². The summed E-state index contributed by atoms with van der Waals surface area (Å²) in [6, 6.07) is 0. The first kappa shape index (κ1) is 7.21. The molecule has 0 bridgehead atoms. The molecule has 0 aromatic rings. The van der Waals surface area contributed by atoms with Crippen molar-refractivity contribution in [3.05, 3.63) is 0 Å². The molecule has 0 aliphatic carbocycles. The van der Waals surface area contributed by atoms with E-state index in [-0.39, 0.29) is 5.91 Å². The molecule has 1 rings (SSSR count). The van der Waals surface area contributed by atoms with Crippen molar-refractivity contribution in [3.63, 3.8) is 0 Å². The molecular formula is C4H4Br2N2O. The van der Waals surface area contributed by atoms with E-state index in [1.165, 1.54) is 11.2 Å². The molecule has 0 fully saturated rings. The van der Waals surface area contributed by atoms with Gasteiger partial charge in [0.1, 0.15) is 0 Å². The summed E-state index contributed by atoms with van der Waals surface area (Å²) < 4.78 is -0.755. The first-order valence-electron chi connectivity index (χ1n) is 2.25. The number of carbonyl (C=O) groups is 1. The summed E-state index contributed by atoms with van der Waals surface area (Å²) in [5, 5.41) is 5.00. The van der Waals surface area contributed by atoms with Gasteiger partial charge in [-0.3, -0.25) is 4.79 Å². The van der Waals surface area contributed by atoms with Gasteiger partial charge < -0.3 is 0 Å². The first-order valence-corrected chi connectivity index (χ1v) is 3.84. The quantitative estimate of drug-likeness (QED) is 0.593. The lowest BCUT2D eigenvalue weighted by atomic mass is 10.4. The summed E-state index contributed by atoms with van der Waals surface area (Å²) >= 11 is 6.25. The lowest BCUT2D eigenvalue weighted by Crippen LogP contribution is -2.29. The maximum atomic E-state index is 10.9. The Balaban J connectivity index is 2.86. The zero-order valence-corrected chi connectivity index (χ0v) is 7.81. The third kappa shape index (κ3) is 1.16. The van der Waals surface area contributed by atoms with Crippen LogP contribution in [0.4, 0.5) is 0 Å². The predicted molar refractivity (Wildman–Crippen MR) is 41.8 cm³/mol. The molecule has 0 aromatic heterocycles.